The SMILES string of the molecule is COC(=O)C(O)CNc1ccccn1. The minimum Gasteiger partial charge on any atom is -0.467 e. The number of hydrogen-bond acceptors (Lipinski definition) is 5. The van der Waals surface area contributed by atoms with Gasteiger partial charge in [0.25, 0.3) is 0 Å². The number of pyridine rings is 1. The van der Waals surface area contributed by atoms with Crippen LogP contribution in [0.15, 0.2) is 24.4 Å². The largest absolute Gasteiger partial charge is 0.467 e. The lowest BCUT2D eigenvalue weighted by atomic mass is 10.3. The van der Waals surface area contributed by atoms with Crippen molar-refractivity contribution in [2.75, 3.05) is 19.0 Å². The summed E-state index contributed by atoms with van der Waals surface area (Å²) in [5.41, 5.74) is 0. The number of aromatic nitrogens is 1. The van der Waals surface area contributed by atoms with Crippen LogP contribution in [0.2, 0.25) is 0 Å². The van der Waals surface area contributed by atoms with Crippen LogP contribution in [-0.4, -0.2) is 35.8 Å². The Balaban J connectivity index is 2.38. The van der Waals surface area contributed by atoms with Crippen LogP contribution in [0.1, 0.15) is 0 Å². The monoisotopic (exact) mass is 196 g/mol. The highest BCUT2D eigenvalue weighted by Gasteiger charge is 2.14. The fraction of sp³-hybridized carbons (Fsp3) is 0.333. The van der Waals surface area contributed by atoms with Crippen molar-refractivity contribution in [2.24, 2.45) is 0 Å². The number of anilines is 1. The maximum atomic E-state index is 10.8. The third-order valence-electron chi connectivity index (χ3n) is 1.61. The summed E-state index contributed by atoms with van der Waals surface area (Å²) in [4.78, 5) is 14.8. The number of hydrogen-bond donors (Lipinski definition) is 2. The Morgan fingerprint density at radius 3 is 3.07 bits per heavy atom. The van der Waals surface area contributed by atoms with Crippen LogP contribution in [0.5, 0.6) is 0 Å². The molecule has 0 aliphatic carbocycles. The average molecular weight is 196 g/mol. The molecule has 1 heterocycles. The van der Waals surface area contributed by atoms with Crippen LogP contribution < -0.4 is 5.32 Å². The molecular weight excluding hydrogens is 184 g/mol. The molecule has 76 valence electrons. The van der Waals surface area contributed by atoms with Gasteiger partial charge in [-0.3, -0.25) is 0 Å². The van der Waals surface area contributed by atoms with E-state index in [9.17, 15) is 9.90 Å². The van der Waals surface area contributed by atoms with E-state index >= 15 is 0 Å². The summed E-state index contributed by atoms with van der Waals surface area (Å²) in [6.07, 6.45) is 0.453. The fourth-order valence-electron chi connectivity index (χ4n) is 0.888. The summed E-state index contributed by atoms with van der Waals surface area (Å²) in [5.74, 6) is -0.0520. The third kappa shape index (κ3) is 3.02. The molecule has 5 heteroatoms. The van der Waals surface area contributed by atoms with Crippen molar-refractivity contribution in [1.82, 2.24) is 4.98 Å². The smallest absolute Gasteiger partial charge is 0.336 e. The first-order valence-corrected chi connectivity index (χ1v) is 4.15. The Morgan fingerprint density at radius 1 is 1.71 bits per heavy atom. The highest BCUT2D eigenvalue weighted by Crippen LogP contribution is 1.99. The second kappa shape index (κ2) is 5.18. The van der Waals surface area contributed by atoms with Gasteiger partial charge in [-0.1, -0.05) is 6.07 Å². The zero-order chi connectivity index (χ0) is 10.4. The molecule has 0 saturated carbocycles. The van der Waals surface area contributed by atoms with E-state index in [2.05, 4.69) is 15.0 Å². The normalized spacial score (nSPS) is 11.9. The Labute approximate surface area is 81.7 Å². The van der Waals surface area contributed by atoms with Crippen LogP contribution in [-0.2, 0) is 9.53 Å². The Morgan fingerprint density at radius 2 is 2.50 bits per heavy atom. The molecule has 2 N–H and O–H groups in total. The van der Waals surface area contributed by atoms with Gasteiger partial charge in [0.1, 0.15) is 5.82 Å². The van der Waals surface area contributed by atoms with E-state index in [-0.39, 0.29) is 6.54 Å². The van der Waals surface area contributed by atoms with Gasteiger partial charge < -0.3 is 15.2 Å². The second-order valence-corrected chi connectivity index (χ2v) is 2.63. The molecule has 0 bridgehead atoms. The van der Waals surface area contributed by atoms with Gasteiger partial charge in [0.2, 0.25) is 0 Å². The number of nitrogens with zero attached hydrogens (tertiary/aromatic N) is 1. The van der Waals surface area contributed by atoms with Gasteiger partial charge in [-0.2, -0.15) is 0 Å². The van der Waals surface area contributed by atoms with E-state index in [0.29, 0.717) is 5.82 Å². The van der Waals surface area contributed by atoms with E-state index in [1.54, 1.807) is 24.4 Å². The fourth-order valence-corrected chi connectivity index (χ4v) is 0.888. The molecular formula is C9H12N2O3. The number of carbonyl (C=O) groups excluding carboxylic acids is 1. The quantitative estimate of drug-likeness (QED) is 0.665. The third-order valence-corrected chi connectivity index (χ3v) is 1.61. The molecule has 0 amide bonds. The molecule has 0 spiro atoms. The van der Waals surface area contributed by atoms with Crippen LogP contribution in [0.3, 0.4) is 0 Å². The first kappa shape index (κ1) is 10.5. The lowest BCUT2D eigenvalue weighted by Gasteiger charge is -2.09. The lowest BCUT2D eigenvalue weighted by molar-refractivity contribution is -0.149. The average Bonchev–Trinajstić information content (AvgIpc) is 2.26. The highest BCUT2D eigenvalue weighted by molar-refractivity contribution is 5.74. The molecule has 0 aliphatic rings. The van der Waals surface area contributed by atoms with E-state index in [1.807, 2.05) is 0 Å². The molecule has 5 nitrogen and oxygen atoms in total. The van der Waals surface area contributed by atoms with Gasteiger partial charge in [-0.15, -0.1) is 0 Å². The molecule has 1 aromatic heterocycles. The van der Waals surface area contributed by atoms with Crippen molar-refractivity contribution in [3.63, 3.8) is 0 Å². The number of methoxy groups -OCH3 is 1. The molecule has 14 heavy (non-hydrogen) atoms. The minimum atomic E-state index is -1.16. The predicted octanol–water partition coefficient (Wildman–Crippen LogP) is 0.0274. The van der Waals surface area contributed by atoms with Gasteiger partial charge in [-0.05, 0) is 12.1 Å². The molecule has 0 radical (unpaired) electrons. The molecule has 1 rings (SSSR count). The van der Waals surface area contributed by atoms with Crippen molar-refractivity contribution in [3.8, 4) is 0 Å². The summed E-state index contributed by atoms with van der Waals surface area (Å²) >= 11 is 0. The standard InChI is InChI=1S/C9H12N2O3/c1-14-9(13)7(12)6-11-8-4-2-3-5-10-8/h2-5,7,12H,6H2,1H3,(H,10,11). The number of nitrogens with one attached hydrogen (secondary N) is 1. The van der Waals surface area contributed by atoms with Crippen molar-refractivity contribution < 1.29 is 14.6 Å². The van der Waals surface area contributed by atoms with E-state index < -0.39 is 12.1 Å². The van der Waals surface area contributed by atoms with Gasteiger partial charge in [0.15, 0.2) is 6.10 Å². The maximum Gasteiger partial charge on any atom is 0.336 e. The highest BCUT2D eigenvalue weighted by atomic mass is 16.5. The molecule has 0 aliphatic heterocycles. The molecule has 1 atom stereocenters. The van der Waals surface area contributed by atoms with Crippen LogP contribution >= 0.6 is 0 Å². The van der Waals surface area contributed by atoms with E-state index in [4.69, 9.17) is 0 Å². The summed E-state index contributed by atoms with van der Waals surface area (Å²) in [6, 6.07) is 5.33. The number of aliphatic hydroxyl groups excluding tert-OH is 1. The van der Waals surface area contributed by atoms with Crippen molar-refractivity contribution in [2.45, 2.75) is 6.10 Å². The Hall–Kier alpha value is -1.62. The van der Waals surface area contributed by atoms with Crippen LogP contribution in [0, 0.1) is 0 Å². The number of esters is 1. The van der Waals surface area contributed by atoms with Crippen molar-refractivity contribution >= 4 is 11.8 Å². The summed E-state index contributed by atoms with van der Waals surface area (Å²) in [5, 5.41) is 12.0. The zero-order valence-electron chi connectivity index (χ0n) is 7.80. The van der Waals surface area contributed by atoms with Gasteiger partial charge in [-0.25, -0.2) is 9.78 Å². The molecule has 0 fully saturated rings. The minimum absolute atomic E-state index is 0.0870. The summed E-state index contributed by atoms with van der Waals surface area (Å²) < 4.78 is 4.35. The van der Waals surface area contributed by atoms with Gasteiger partial charge in [0.05, 0.1) is 13.7 Å². The van der Waals surface area contributed by atoms with E-state index in [0.717, 1.165) is 0 Å². The number of rotatable bonds is 4. The first-order valence-electron chi connectivity index (χ1n) is 4.15. The first-order chi connectivity index (χ1) is 6.74. The predicted molar refractivity (Wildman–Crippen MR) is 50.7 cm³/mol. The van der Waals surface area contributed by atoms with Gasteiger partial charge in [0, 0.05) is 6.20 Å². The zero-order valence-corrected chi connectivity index (χ0v) is 7.80. The van der Waals surface area contributed by atoms with Crippen molar-refractivity contribution in [1.29, 1.82) is 0 Å². The van der Waals surface area contributed by atoms with E-state index in [1.165, 1.54) is 7.11 Å². The number of aliphatic hydroxyl groups is 1. The van der Waals surface area contributed by atoms with Crippen LogP contribution in [0.25, 0.3) is 0 Å². The summed E-state index contributed by atoms with van der Waals surface area (Å²) in [6.45, 7) is 0.0870. The molecule has 0 aromatic carbocycles. The molecule has 0 saturated heterocycles. The number of carbonyl (C=O) groups is 1. The molecule has 1 aromatic rings. The van der Waals surface area contributed by atoms with Crippen LogP contribution in [0.4, 0.5) is 5.82 Å². The maximum absolute atomic E-state index is 10.8. The Kier molecular flexibility index (Phi) is 3.87. The van der Waals surface area contributed by atoms with Gasteiger partial charge >= 0.3 is 5.97 Å². The molecule has 1 unspecified atom stereocenters. The number of ether oxygens (including phenoxy) is 1. The van der Waals surface area contributed by atoms with Crippen molar-refractivity contribution in [3.05, 3.63) is 24.4 Å². The lowest BCUT2D eigenvalue weighted by Crippen LogP contribution is -2.29. The Bertz CT molecular complexity index is 289. The topological polar surface area (TPSA) is 71.5 Å². The summed E-state index contributed by atoms with van der Waals surface area (Å²) in [7, 11) is 1.23. The second-order valence-electron chi connectivity index (χ2n) is 2.63.